The van der Waals surface area contributed by atoms with Crippen LogP contribution in [0.25, 0.3) is 0 Å². The maximum atomic E-state index is 12.9. The molecule has 1 fully saturated rings. The fraction of sp³-hybridized carbons (Fsp3) is 0.750. The quantitative estimate of drug-likeness (QED) is 0.0117. The third-order valence-electron chi connectivity index (χ3n) is 11.3. The number of phosphoric ester groups is 2. The topological polar surface area (TPSA) is 286 Å². The zero-order valence-corrected chi connectivity index (χ0v) is 42.8. The number of aliphatic hydroxyl groups is 3. The molecule has 7 N–H and O–H groups in total. The van der Waals surface area contributed by atoms with Crippen molar-refractivity contribution in [2.75, 3.05) is 25.6 Å². The number of carbonyl (C=O) groups excluding carboxylic acids is 2. The second-order valence-electron chi connectivity index (χ2n) is 17.5. The number of ether oxygens (including phenoxy) is 3. The zero-order chi connectivity index (χ0) is 50.8. The normalized spacial score (nSPS) is 20.1. The Morgan fingerprint density at radius 1 is 0.768 bits per heavy atom. The van der Waals surface area contributed by atoms with Gasteiger partial charge < -0.3 is 45.1 Å². The maximum absolute atomic E-state index is 12.9. The minimum atomic E-state index is -5.44. The first-order valence-corrected chi connectivity index (χ1v) is 28.1. The molecule has 8 atom stereocenters. The Bertz CT molecular complexity index is 1810. The van der Waals surface area contributed by atoms with E-state index < -0.39 is 89.8 Å². The average Bonchev–Trinajstić information content (AvgIpc) is 3.58. The summed E-state index contributed by atoms with van der Waals surface area (Å²) >= 11 is 0. The van der Waals surface area contributed by atoms with Crippen molar-refractivity contribution < 1.29 is 71.4 Å². The van der Waals surface area contributed by atoms with E-state index in [-0.39, 0.29) is 18.7 Å². The number of aliphatic hydroxyl groups excluding tert-OH is 3. The van der Waals surface area contributed by atoms with Gasteiger partial charge in [0.1, 0.15) is 30.7 Å². The number of hydrogen-bond donors (Lipinski definition) is 6. The molecular formula is C48H83N3O16P2. The molecule has 0 aromatic carbocycles. The summed E-state index contributed by atoms with van der Waals surface area (Å²) in [5, 5.41) is 31.1. The Morgan fingerprint density at radius 2 is 1.33 bits per heavy atom. The molecule has 0 saturated carbocycles. The number of nitrogen functional groups attached to an aromatic ring is 1. The highest BCUT2D eigenvalue weighted by Crippen LogP contribution is 2.60. The summed E-state index contributed by atoms with van der Waals surface area (Å²) in [5.41, 5.74) is 4.58. The van der Waals surface area contributed by atoms with Crippen LogP contribution in [0.5, 0.6) is 0 Å². The van der Waals surface area contributed by atoms with Gasteiger partial charge in [-0.25, -0.2) is 13.9 Å². The number of phosphoric acid groups is 2. The number of allylic oxidation sites excluding steroid dienone is 5. The molecule has 21 heteroatoms. The minimum absolute atomic E-state index is 0.0328. The van der Waals surface area contributed by atoms with Gasteiger partial charge in [-0.1, -0.05) is 166 Å². The molecule has 2 heterocycles. The molecule has 3 unspecified atom stereocenters. The molecule has 0 amide bonds. The van der Waals surface area contributed by atoms with Crippen LogP contribution in [-0.2, 0) is 46.3 Å². The van der Waals surface area contributed by atoms with Gasteiger partial charge in [-0.3, -0.25) is 23.2 Å². The number of unbranched alkanes of at least 4 members (excludes halogenated alkanes) is 18. The highest BCUT2D eigenvalue weighted by molar-refractivity contribution is 7.61. The Hall–Kier alpha value is -3.06. The van der Waals surface area contributed by atoms with Gasteiger partial charge in [0, 0.05) is 19.0 Å². The number of nitrogens with zero attached hydrogens (tertiary/aromatic N) is 2. The number of carbonyl (C=O) groups is 2. The Balaban J connectivity index is 1.82. The van der Waals surface area contributed by atoms with E-state index in [0.717, 1.165) is 75.0 Å². The average molecular weight is 1020 g/mol. The van der Waals surface area contributed by atoms with Gasteiger partial charge in [-0.05, 0) is 38.2 Å². The van der Waals surface area contributed by atoms with Crippen LogP contribution in [0, 0.1) is 0 Å². The van der Waals surface area contributed by atoms with Gasteiger partial charge in [0.2, 0.25) is 0 Å². The van der Waals surface area contributed by atoms with Crippen molar-refractivity contribution in [2.45, 2.75) is 211 Å². The molecule has 1 aliphatic rings. The minimum Gasteiger partial charge on any atom is -0.462 e. The molecule has 1 aromatic rings. The summed E-state index contributed by atoms with van der Waals surface area (Å²) in [6.07, 6.45) is 28.1. The summed E-state index contributed by atoms with van der Waals surface area (Å²) in [5.74, 6) is -1.37. The predicted octanol–water partition coefficient (Wildman–Crippen LogP) is 8.97. The van der Waals surface area contributed by atoms with Crippen molar-refractivity contribution in [1.82, 2.24) is 9.55 Å². The van der Waals surface area contributed by atoms with Crippen molar-refractivity contribution in [1.29, 1.82) is 0 Å². The third kappa shape index (κ3) is 29.8. The molecule has 1 saturated heterocycles. The molecule has 1 aliphatic heterocycles. The van der Waals surface area contributed by atoms with E-state index in [4.69, 9.17) is 29.0 Å². The first-order valence-electron chi connectivity index (χ1n) is 25.1. The first-order chi connectivity index (χ1) is 33.1. The standard InChI is InChI=1S/C48H83N3O16P2/c1-3-5-7-9-11-12-13-14-15-16-17-18-20-24-29-33-44(54)65-40(36-62-43(53)32-28-25-21-23-27-31-39(52)30-26-22-19-10-8-6-4-2)37-63-68(58,59)67-69(60,61)64-38-41-45(55)46(56)47(66-41)51-35-34-42(49)50-48(51)57/h6,8,19,22,26,30,34-35,39-41,45-47,52,55-56H,3-5,7,9-18,20-21,23-25,27-29,31-33,36-38H2,1-2H3,(H,58,59)(H,60,61)(H2,49,50,57)/b8-6+,22-19+,30-26+/t39?,40-,41-,45-,46-,47-/m1/s1. The molecule has 2 rings (SSSR count). The van der Waals surface area contributed by atoms with Gasteiger partial charge in [-0.2, -0.15) is 9.29 Å². The van der Waals surface area contributed by atoms with Gasteiger partial charge in [-0.15, -0.1) is 0 Å². The van der Waals surface area contributed by atoms with Crippen LogP contribution < -0.4 is 11.4 Å². The van der Waals surface area contributed by atoms with Crippen molar-refractivity contribution in [3.8, 4) is 0 Å². The molecule has 69 heavy (non-hydrogen) atoms. The molecular weight excluding hydrogens is 936 g/mol. The summed E-state index contributed by atoms with van der Waals surface area (Å²) in [6.45, 7) is 1.94. The largest absolute Gasteiger partial charge is 0.481 e. The van der Waals surface area contributed by atoms with E-state index in [1.54, 1.807) is 6.08 Å². The number of rotatable bonds is 41. The van der Waals surface area contributed by atoms with Crippen LogP contribution in [0.3, 0.4) is 0 Å². The fourth-order valence-electron chi connectivity index (χ4n) is 7.44. The second-order valence-corrected chi connectivity index (χ2v) is 20.5. The van der Waals surface area contributed by atoms with E-state index in [0.29, 0.717) is 19.3 Å². The van der Waals surface area contributed by atoms with E-state index >= 15 is 0 Å². The predicted molar refractivity (Wildman–Crippen MR) is 263 cm³/mol. The lowest BCUT2D eigenvalue weighted by Crippen LogP contribution is -2.36. The van der Waals surface area contributed by atoms with Crippen LogP contribution in [0.15, 0.2) is 53.5 Å². The lowest BCUT2D eigenvalue weighted by atomic mass is 10.0. The summed E-state index contributed by atoms with van der Waals surface area (Å²) < 4.78 is 56.7. The van der Waals surface area contributed by atoms with E-state index in [1.165, 1.54) is 70.3 Å². The number of esters is 2. The molecule has 396 valence electrons. The Labute approximate surface area is 409 Å². The van der Waals surface area contributed by atoms with Crippen LogP contribution in [0.1, 0.15) is 181 Å². The Morgan fingerprint density at radius 3 is 1.93 bits per heavy atom. The summed E-state index contributed by atoms with van der Waals surface area (Å²) in [4.78, 5) is 61.9. The summed E-state index contributed by atoms with van der Waals surface area (Å²) in [7, 11) is -10.9. The van der Waals surface area contributed by atoms with Crippen molar-refractivity contribution in [3.63, 3.8) is 0 Å². The monoisotopic (exact) mass is 1020 g/mol. The summed E-state index contributed by atoms with van der Waals surface area (Å²) in [6, 6.07) is 1.24. The molecule has 0 bridgehead atoms. The number of nitrogens with two attached hydrogens (primary N) is 1. The van der Waals surface area contributed by atoms with E-state index in [9.17, 15) is 48.6 Å². The molecule has 0 spiro atoms. The number of aromatic nitrogens is 2. The van der Waals surface area contributed by atoms with Crippen LogP contribution >= 0.6 is 15.6 Å². The molecule has 0 aliphatic carbocycles. The molecule has 1 aromatic heterocycles. The van der Waals surface area contributed by atoms with Gasteiger partial charge in [0.05, 0.1) is 19.3 Å². The highest BCUT2D eigenvalue weighted by atomic mass is 31.3. The van der Waals surface area contributed by atoms with Crippen molar-refractivity contribution >= 4 is 33.4 Å². The fourth-order valence-corrected chi connectivity index (χ4v) is 9.55. The van der Waals surface area contributed by atoms with Gasteiger partial charge >= 0.3 is 33.3 Å². The second kappa shape index (κ2) is 36.8. The van der Waals surface area contributed by atoms with Crippen molar-refractivity contribution in [2.24, 2.45) is 0 Å². The highest BCUT2D eigenvalue weighted by Gasteiger charge is 2.46. The maximum Gasteiger partial charge on any atom is 0.481 e. The van der Waals surface area contributed by atoms with Crippen LogP contribution in [0.4, 0.5) is 5.82 Å². The van der Waals surface area contributed by atoms with Gasteiger partial charge in [0.15, 0.2) is 12.3 Å². The van der Waals surface area contributed by atoms with Crippen molar-refractivity contribution in [3.05, 3.63) is 59.2 Å². The zero-order valence-electron chi connectivity index (χ0n) is 41.0. The van der Waals surface area contributed by atoms with E-state index in [2.05, 4.69) is 35.3 Å². The molecule has 0 radical (unpaired) electrons. The van der Waals surface area contributed by atoms with E-state index in [1.807, 2.05) is 18.2 Å². The number of anilines is 1. The first kappa shape index (κ1) is 62.1. The Kier molecular flexibility index (Phi) is 33.1. The lowest BCUT2D eigenvalue weighted by molar-refractivity contribution is -0.161. The third-order valence-corrected chi connectivity index (χ3v) is 13.9. The smallest absolute Gasteiger partial charge is 0.462 e. The SMILES string of the molecule is CC/C=C/C/C=C/C=C/C(O)CCCCCCCC(=O)OC[C@H](COP(=O)(O)OP(=O)(O)OC[C@H]1O[C@@H](n2ccc(N)nc2=O)[C@H](O)[C@@H]1O)OC(=O)CCCCCCCCCCCCCCCCC. The molecule has 19 nitrogen and oxygen atoms in total. The lowest BCUT2D eigenvalue weighted by Gasteiger charge is -2.21. The van der Waals surface area contributed by atoms with Crippen LogP contribution in [-0.4, -0.2) is 96.9 Å². The van der Waals surface area contributed by atoms with Crippen LogP contribution in [0.2, 0.25) is 0 Å². The van der Waals surface area contributed by atoms with Gasteiger partial charge in [0.25, 0.3) is 0 Å². The number of hydrogen-bond acceptors (Lipinski definition) is 16.